The van der Waals surface area contributed by atoms with Gasteiger partial charge in [-0.25, -0.2) is 0 Å². The lowest BCUT2D eigenvalue weighted by atomic mass is 9.87. The van der Waals surface area contributed by atoms with Gasteiger partial charge in [0.25, 0.3) is 0 Å². The van der Waals surface area contributed by atoms with Gasteiger partial charge in [0.1, 0.15) is 0 Å². The zero-order valence-corrected chi connectivity index (χ0v) is 11.3. The van der Waals surface area contributed by atoms with Crippen LogP contribution in [0.3, 0.4) is 0 Å². The van der Waals surface area contributed by atoms with Crippen LogP contribution in [0.1, 0.15) is 48.8 Å². The van der Waals surface area contributed by atoms with E-state index in [0.29, 0.717) is 12.3 Å². The molecule has 0 fully saturated rings. The van der Waals surface area contributed by atoms with Crippen molar-refractivity contribution in [1.82, 2.24) is 5.32 Å². The molecule has 0 aliphatic rings. The average molecular weight is 233 g/mol. The Kier molecular flexibility index (Phi) is 5.20. The third-order valence-corrected chi connectivity index (χ3v) is 3.43. The van der Waals surface area contributed by atoms with Crippen molar-refractivity contribution in [3.05, 3.63) is 34.9 Å². The second-order valence-electron chi connectivity index (χ2n) is 4.65. The maximum atomic E-state index is 11.6. The van der Waals surface area contributed by atoms with Crippen molar-refractivity contribution >= 4 is 5.91 Å². The molecule has 0 heterocycles. The molecule has 1 N–H and O–H groups in total. The summed E-state index contributed by atoms with van der Waals surface area (Å²) in [4.78, 5) is 11.6. The van der Waals surface area contributed by atoms with Crippen LogP contribution in [0, 0.1) is 13.8 Å². The summed E-state index contributed by atoms with van der Waals surface area (Å²) in [6.07, 6.45) is 2.77. The molecule has 0 spiro atoms. The van der Waals surface area contributed by atoms with Gasteiger partial charge in [-0.3, -0.25) is 4.79 Å². The number of amides is 1. The smallest absolute Gasteiger partial charge is 0.220 e. The fourth-order valence-corrected chi connectivity index (χ4v) is 2.26. The molecular formula is C15H23NO. The predicted molar refractivity (Wildman–Crippen MR) is 72.2 cm³/mol. The molecule has 1 atom stereocenters. The molecular weight excluding hydrogens is 210 g/mol. The van der Waals surface area contributed by atoms with Crippen LogP contribution in [0.5, 0.6) is 0 Å². The van der Waals surface area contributed by atoms with Gasteiger partial charge in [-0.05, 0) is 42.9 Å². The molecule has 1 aromatic rings. The van der Waals surface area contributed by atoms with E-state index < -0.39 is 0 Å². The lowest BCUT2D eigenvalue weighted by Gasteiger charge is -2.19. The van der Waals surface area contributed by atoms with Gasteiger partial charge >= 0.3 is 0 Å². The van der Waals surface area contributed by atoms with Gasteiger partial charge < -0.3 is 5.32 Å². The largest absolute Gasteiger partial charge is 0.359 e. The van der Waals surface area contributed by atoms with Gasteiger partial charge in [0.15, 0.2) is 0 Å². The Morgan fingerprint density at radius 2 is 2.06 bits per heavy atom. The molecule has 94 valence electrons. The van der Waals surface area contributed by atoms with Gasteiger partial charge in [0.05, 0.1) is 0 Å². The minimum absolute atomic E-state index is 0.129. The van der Waals surface area contributed by atoms with E-state index in [2.05, 4.69) is 44.3 Å². The van der Waals surface area contributed by atoms with Gasteiger partial charge in [-0.1, -0.05) is 31.5 Å². The Morgan fingerprint density at radius 3 is 2.65 bits per heavy atom. The molecule has 17 heavy (non-hydrogen) atoms. The summed E-state index contributed by atoms with van der Waals surface area (Å²) >= 11 is 0. The zero-order valence-electron chi connectivity index (χ0n) is 11.3. The van der Waals surface area contributed by atoms with Crippen LogP contribution >= 0.6 is 0 Å². The van der Waals surface area contributed by atoms with Crippen LogP contribution in [0.2, 0.25) is 0 Å². The van der Waals surface area contributed by atoms with Gasteiger partial charge in [-0.15, -0.1) is 0 Å². The van der Waals surface area contributed by atoms with Gasteiger partial charge in [0, 0.05) is 13.5 Å². The average Bonchev–Trinajstić information content (AvgIpc) is 2.32. The number of benzene rings is 1. The molecule has 1 unspecified atom stereocenters. The van der Waals surface area contributed by atoms with E-state index in [1.165, 1.54) is 16.7 Å². The van der Waals surface area contributed by atoms with Crippen molar-refractivity contribution < 1.29 is 4.79 Å². The lowest BCUT2D eigenvalue weighted by molar-refractivity contribution is -0.121. The Balaban J connectivity index is 2.96. The minimum Gasteiger partial charge on any atom is -0.359 e. The standard InChI is InChI=1S/C15H23NO/c1-5-7-13(10-15(17)16-4)14-9-6-8-11(2)12(14)3/h6,8-9,13H,5,7,10H2,1-4H3,(H,16,17). The monoisotopic (exact) mass is 233 g/mol. The number of rotatable bonds is 5. The molecule has 1 aromatic carbocycles. The Morgan fingerprint density at radius 1 is 1.35 bits per heavy atom. The van der Waals surface area contributed by atoms with Crippen LogP contribution in [0.25, 0.3) is 0 Å². The van der Waals surface area contributed by atoms with Crippen molar-refractivity contribution in [3.63, 3.8) is 0 Å². The van der Waals surface area contributed by atoms with E-state index in [4.69, 9.17) is 0 Å². The van der Waals surface area contributed by atoms with E-state index in [9.17, 15) is 4.79 Å². The highest BCUT2D eigenvalue weighted by Crippen LogP contribution is 2.28. The maximum absolute atomic E-state index is 11.6. The van der Waals surface area contributed by atoms with Crippen molar-refractivity contribution in [2.75, 3.05) is 7.05 Å². The SMILES string of the molecule is CCCC(CC(=O)NC)c1cccc(C)c1C. The molecule has 2 nitrogen and oxygen atoms in total. The quantitative estimate of drug-likeness (QED) is 0.830. The van der Waals surface area contributed by atoms with Crippen molar-refractivity contribution in [3.8, 4) is 0 Å². The van der Waals surface area contributed by atoms with Crippen LogP contribution in [-0.4, -0.2) is 13.0 Å². The number of hydrogen-bond acceptors (Lipinski definition) is 1. The van der Waals surface area contributed by atoms with E-state index in [0.717, 1.165) is 12.8 Å². The fraction of sp³-hybridized carbons (Fsp3) is 0.533. The highest BCUT2D eigenvalue weighted by Gasteiger charge is 2.16. The first-order valence-electron chi connectivity index (χ1n) is 6.36. The number of carbonyl (C=O) groups excluding carboxylic acids is 1. The molecule has 0 saturated heterocycles. The first-order chi connectivity index (χ1) is 8.10. The number of hydrogen-bond donors (Lipinski definition) is 1. The summed E-state index contributed by atoms with van der Waals surface area (Å²) in [7, 11) is 1.70. The summed E-state index contributed by atoms with van der Waals surface area (Å²) < 4.78 is 0. The lowest BCUT2D eigenvalue weighted by Crippen LogP contribution is -2.21. The van der Waals surface area contributed by atoms with Crippen LogP contribution < -0.4 is 5.32 Å². The van der Waals surface area contributed by atoms with Crippen molar-refractivity contribution in [2.45, 2.75) is 46.0 Å². The summed E-state index contributed by atoms with van der Waals surface area (Å²) in [5.74, 6) is 0.476. The summed E-state index contributed by atoms with van der Waals surface area (Å²) in [6.45, 7) is 6.45. The highest BCUT2D eigenvalue weighted by atomic mass is 16.1. The van der Waals surface area contributed by atoms with Crippen molar-refractivity contribution in [2.24, 2.45) is 0 Å². The Labute approximate surface area is 104 Å². The molecule has 1 amide bonds. The Hall–Kier alpha value is -1.31. The van der Waals surface area contributed by atoms with E-state index in [1.54, 1.807) is 7.05 Å². The first-order valence-corrected chi connectivity index (χ1v) is 6.36. The molecule has 0 aromatic heterocycles. The Bertz CT molecular complexity index is 385. The molecule has 2 heteroatoms. The first kappa shape index (κ1) is 13.8. The second kappa shape index (κ2) is 6.43. The molecule has 0 saturated carbocycles. The summed E-state index contributed by atoms with van der Waals surface area (Å²) in [5, 5.41) is 2.72. The number of aryl methyl sites for hydroxylation is 1. The third kappa shape index (κ3) is 3.58. The van der Waals surface area contributed by atoms with Crippen molar-refractivity contribution in [1.29, 1.82) is 0 Å². The predicted octanol–water partition coefficient (Wildman–Crippen LogP) is 3.32. The second-order valence-corrected chi connectivity index (χ2v) is 4.65. The van der Waals surface area contributed by atoms with Crippen LogP contribution in [0.4, 0.5) is 0 Å². The fourth-order valence-electron chi connectivity index (χ4n) is 2.26. The third-order valence-electron chi connectivity index (χ3n) is 3.43. The van der Waals surface area contributed by atoms with E-state index in [1.807, 2.05) is 0 Å². The molecule has 1 rings (SSSR count). The highest BCUT2D eigenvalue weighted by molar-refractivity contribution is 5.76. The van der Waals surface area contributed by atoms with Gasteiger partial charge in [-0.2, -0.15) is 0 Å². The maximum Gasteiger partial charge on any atom is 0.220 e. The molecule has 0 radical (unpaired) electrons. The molecule has 0 bridgehead atoms. The topological polar surface area (TPSA) is 29.1 Å². The van der Waals surface area contributed by atoms with Crippen LogP contribution in [0.15, 0.2) is 18.2 Å². The molecule has 0 aliphatic heterocycles. The molecule has 0 aliphatic carbocycles. The minimum atomic E-state index is 0.129. The summed E-state index contributed by atoms with van der Waals surface area (Å²) in [5.41, 5.74) is 3.96. The summed E-state index contributed by atoms with van der Waals surface area (Å²) in [6, 6.07) is 6.37. The van der Waals surface area contributed by atoms with Crippen LogP contribution in [-0.2, 0) is 4.79 Å². The van der Waals surface area contributed by atoms with Gasteiger partial charge in [0.2, 0.25) is 5.91 Å². The normalized spacial score (nSPS) is 12.2. The van der Waals surface area contributed by atoms with E-state index in [-0.39, 0.29) is 5.91 Å². The number of carbonyl (C=O) groups is 1. The zero-order chi connectivity index (χ0) is 12.8. The number of nitrogens with one attached hydrogen (secondary N) is 1. The van der Waals surface area contributed by atoms with E-state index >= 15 is 0 Å².